The molecular formula is C30H31FN2O6. The van der Waals surface area contributed by atoms with E-state index in [9.17, 15) is 29.3 Å². The molecule has 4 N–H and O–H groups in total. The molecule has 9 heteroatoms. The molecule has 0 amide bonds. The molecule has 0 aliphatic heterocycles. The van der Waals surface area contributed by atoms with Crippen molar-refractivity contribution >= 4 is 18.0 Å². The number of pyridine rings is 2. The standard InChI is InChI=1S/C30H31FN2O6/c1-16(2)28-23(11-10-20(34)13-21(35)14-26(36)37)27(17-6-8-19(31)9-7-17)22-5-3-4-18-12-25(30(38)39)32-15-24(18)29(22)33-28/h6-12,15-16,20-21,34-35H,3-5,13-14H2,1-2H3,(H,36,37)(H,38,39)/t20-,21-/m1/s1. The zero-order valence-corrected chi connectivity index (χ0v) is 21.8. The molecule has 1 aliphatic rings. The Balaban J connectivity index is 1.92. The topological polar surface area (TPSA) is 141 Å². The van der Waals surface area contributed by atoms with Crippen LogP contribution < -0.4 is 0 Å². The quantitative estimate of drug-likeness (QED) is 0.305. The third-order valence-corrected chi connectivity index (χ3v) is 6.79. The number of carbonyl (C=O) groups is 2. The van der Waals surface area contributed by atoms with Gasteiger partial charge >= 0.3 is 11.9 Å². The summed E-state index contributed by atoms with van der Waals surface area (Å²) in [5.41, 5.74) is 6.23. The van der Waals surface area contributed by atoms with Gasteiger partial charge in [-0.05, 0) is 65.6 Å². The summed E-state index contributed by atoms with van der Waals surface area (Å²) in [6, 6.07) is 7.74. The number of aliphatic hydroxyl groups is 2. The van der Waals surface area contributed by atoms with Crippen LogP contribution in [0, 0.1) is 5.82 Å². The first kappa shape index (κ1) is 28.1. The van der Waals surface area contributed by atoms with E-state index in [0.717, 1.165) is 45.5 Å². The van der Waals surface area contributed by atoms with E-state index in [-0.39, 0.29) is 23.8 Å². The predicted octanol–water partition coefficient (Wildman–Crippen LogP) is 4.86. The maximum Gasteiger partial charge on any atom is 0.354 e. The van der Waals surface area contributed by atoms with E-state index in [4.69, 9.17) is 10.1 Å². The smallest absolute Gasteiger partial charge is 0.354 e. The van der Waals surface area contributed by atoms with Gasteiger partial charge in [0.25, 0.3) is 0 Å². The maximum atomic E-state index is 13.9. The molecule has 1 aromatic carbocycles. The molecule has 0 spiro atoms. The van der Waals surface area contributed by atoms with Gasteiger partial charge in [0, 0.05) is 23.7 Å². The van der Waals surface area contributed by atoms with Crippen LogP contribution in [0.25, 0.3) is 28.5 Å². The molecule has 8 nitrogen and oxygen atoms in total. The zero-order chi connectivity index (χ0) is 28.3. The number of hydrogen-bond donors (Lipinski definition) is 4. The number of aromatic nitrogens is 2. The fourth-order valence-corrected chi connectivity index (χ4v) is 5.02. The second kappa shape index (κ2) is 11.8. The van der Waals surface area contributed by atoms with E-state index in [1.54, 1.807) is 30.5 Å². The predicted molar refractivity (Wildman–Crippen MR) is 144 cm³/mol. The summed E-state index contributed by atoms with van der Waals surface area (Å²) in [7, 11) is 0. The number of nitrogens with zero attached hydrogens (tertiary/aromatic N) is 2. The molecule has 2 heterocycles. The monoisotopic (exact) mass is 534 g/mol. The fraction of sp³-hybridized carbons (Fsp3) is 0.333. The molecular weight excluding hydrogens is 503 g/mol. The summed E-state index contributed by atoms with van der Waals surface area (Å²) in [6.07, 6.45) is 3.88. The summed E-state index contributed by atoms with van der Waals surface area (Å²) in [5, 5.41) is 38.8. The molecule has 0 fully saturated rings. The minimum absolute atomic E-state index is 0.0290. The molecule has 3 aromatic rings. The molecule has 204 valence electrons. The normalized spacial score (nSPS) is 14.5. The summed E-state index contributed by atoms with van der Waals surface area (Å²) in [4.78, 5) is 31.6. The van der Waals surface area contributed by atoms with Crippen LogP contribution in [0.2, 0.25) is 0 Å². The lowest BCUT2D eigenvalue weighted by atomic mass is 9.86. The van der Waals surface area contributed by atoms with Gasteiger partial charge in [-0.2, -0.15) is 0 Å². The summed E-state index contributed by atoms with van der Waals surface area (Å²) in [5.74, 6) is -2.68. The molecule has 0 saturated carbocycles. The average molecular weight is 535 g/mol. The number of aliphatic carboxylic acids is 1. The second-order valence-corrected chi connectivity index (χ2v) is 10.1. The van der Waals surface area contributed by atoms with Gasteiger partial charge in [-0.1, -0.05) is 38.1 Å². The lowest BCUT2D eigenvalue weighted by Crippen LogP contribution is -2.19. The minimum Gasteiger partial charge on any atom is -0.481 e. The van der Waals surface area contributed by atoms with Crippen LogP contribution in [0.5, 0.6) is 0 Å². The van der Waals surface area contributed by atoms with Crippen molar-refractivity contribution in [2.24, 2.45) is 0 Å². The van der Waals surface area contributed by atoms with Crippen molar-refractivity contribution in [1.82, 2.24) is 9.97 Å². The SMILES string of the molecule is CC(C)c1nc2c(c(-c3ccc(F)cc3)c1C=C[C@@H](O)C[C@@H](O)CC(=O)O)CCCc1cc(C(=O)O)ncc1-2. The fourth-order valence-electron chi connectivity index (χ4n) is 5.02. The number of carboxylic acid groups (broad SMARTS) is 2. The number of fused-ring (bicyclic) bond motifs is 3. The highest BCUT2D eigenvalue weighted by Gasteiger charge is 2.26. The molecule has 0 unspecified atom stereocenters. The van der Waals surface area contributed by atoms with Crippen molar-refractivity contribution in [2.45, 2.75) is 64.1 Å². The van der Waals surface area contributed by atoms with E-state index in [2.05, 4.69) is 4.98 Å². The first-order valence-electron chi connectivity index (χ1n) is 12.9. The highest BCUT2D eigenvalue weighted by atomic mass is 19.1. The van der Waals surface area contributed by atoms with Gasteiger partial charge in [-0.3, -0.25) is 9.78 Å². The van der Waals surface area contributed by atoms with Crippen LogP contribution in [0.4, 0.5) is 4.39 Å². The van der Waals surface area contributed by atoms with E-state index < -0.39 is 30.6 Å². The van der Waals surface area contributed by atoms with Gasteiger partial charge < -0.3 is 20.4 Å². The summed E-state index contributed by atoms with van der Waals surface area (Å²) >= 11 is 0. The van der Waals surface area contributed by atoms with Crippen LogP contribution >= 0.6 is 0 Å². The van der Waals surface area contributed by atoms with Crippen LogP contribution in [-0.4, -0.2) is 54.5 Å². The van der Waals surface area contributed by atoms with Crippen LogP contribution in [0.3, 0.4) is 0 Å². The molecule has 0 radical (unpaired) electrons. The van der Waals surface area contributed by atoms with Gasteiger partial charge in [-0.25, -0.2) is 14.2 Å². The third kappa shape index (κ3) is 6.38. The highest BCUT2D eigenvalue weighted by Crippen LogP contribution is 2.42. The number of aliphatic hydroxyl groups excluding tert-OH is 2. The Morgan fingerprint density at radius 3 is 2.46 bits per heavy atom. The number of hydrogen-bond acceptors (Lipinski definition) is 6. The number of benzene rings is 1. The largest absolute Gasteiger partial charge is 0.481 e. The van der Waals surface area contributed by atoms with Crippen molar-refractivity contribution in [1.29, 1.82) is 0 Å². The Morgan fingerprint density at radius 1 is 1.10 bits per heavy atom. The lowest BCUT2D eigenvalue weighted by molar-refractivity contribution is -0.139. The molecule has 2 atom stereocenters. The van der Waals surface area contributed by atoms with Crippen LogP contribution in [0.1, 0.15) is 71.9 Å². The van der Waals surface area contributed by atoms with Crippen molar-refractivity contribution in [2.75, 3.05) is 0 Å². The lowest BCUT2D eigenvalue weighted by Gasteiger charge is -2.22. The third-order valence-electron chi connectivity index (χ3n) is 6.79. The number of aryl methyl sites for hydroxylation is 1. The van der Waals surface area contributed by atoms with Gasteiger partial charge in [0.05, 0.1) is 30.0 Å². The number of aromatic carboxylic acids is 1. The minimum atomic E-state index is -1.20. The summed E-state index contributed by atoms with van der Waals surface area (Å²) in [6.45, 7) is 3.97. The second-order valence-electron chi connectivity index (χ2n) is 10.1. The van der Waals surface area contributed by atoms with E-state index >= 15 is 0 Å². The van der Waals surface area contributed by atoms with E-state index in [1.807, 2.05) is 13.8 Å². The average Bonchev–Trinajstić information content (AvgIpc) is 3.05. The van der Waals surface area contributed by atoms with Gasteiger partial charge in [-0.15, -0.1) is 0 Å². The maximum absolute atomic E-state index is 13.9. The van der Waals surface area contributed by atoms with Crippen LogP contribution in [0.15, 0.2) is 42.6 Å². The Labute approximate surface area is 225 Å². The summed E-state index contributed by atoms with van der Waals surface area (Å²) < 4.78 is 13.9. The van der Waals surface area contributed by atoms with Crippen molar-refractivity contribution in [3.05, 3.63) is 76.5 Å². The molecule has 39 heavy (non-hydrogen) atoms. The number of halogens is 1. The van der Waals surface area contributed by atoms with Gasteiger partial charge in [0.1, 0.15) is 11.5 Å². The highest BCUT2D eigenvalue weighted by molar-refractivity contribution is 5.88. The molecule has 0 bridgehead atoms. The Bertz CT molecular complexity index is 1420. The number of rotatable bonds is 9. The van der Waals surface area contributed by atoms with Crippen molar-refractivity contribution < 1.29 is 34.4 Å². The number of carboxylic acids is 2. The Hall–Kier alpha value is -3.95. The zero-order valence-electron chi connectivity index (χ0n) is 21.8. The molecule has 1 aliphatic carbocycles. The van der Waals surface area contributed by atoms with Crippen molar-refractivity contribution in [3.8, 4) is 22.4 Å². The first-order chi connectivity index (χ1) is 18.5. The van der Waals surface area contributed by atoms with E-state index in [0.29, 0.717) is 18.5 Å². The van der Waals surface area contributed by atoms with E-state index in [1.165, 1.54) is 18.2 Å². The molecule has 0 saturated heterocycles. The van der Waals surface area contributed by atoms with Crippen LogP contribution in [-0.2, 0) is 17.6 Å². The van der Waals surface area contributed by atoms with Gasteiger partial charge in [0.2, 0.25) is 0 Å². The molecule has 4 rings (SSSR count). The van der Waals surface area contributed by atoms with Gasteiger partial charge in [0.15, 0.2) is 0 Å². The Kier molecular flexibility index (Phi) is 8.52. The molecule has 2 aromatic heterocycles. The van der Waals surface area contributed by atoms with Crippen molar-refractivity contribution in [3.63, 3.8) is 0 Å². The Morgan fingerprint density at radius 2 is 1.82 bits per heavy atom. The first-order valence-corrected chi connectivity index (χ1v) is 12.9.